The largest absolute Gasteiger partial charge is 0.418 e. The Morgan fingerprint density at radius 3 is 2.08 bits per heavy atom. The number of hydrogen-bond donors (Lipinski definition) is 1. The van der Waals surface area contributed by atoms with Crippen molar-refractivity contribution in [3.63, 3.8) is 0 Å². The lowest BCUT2D eigenvalue weighted by atomic mass is 10.1. The lowest BCUT2D eigenvalue weighted by Crippen LogP contribution is -2.11. The molecule has 0 aliphatic rings. The van der Waals surface area contributed by atoms with Crippen LogP contribution < -0.4 is 5.32 Å². The number of nitrogens with zero attached hydrogens (tertiary/aromatic N) is 2. The van der Waals surface area contributed by atoms with E-state index in [-0.39, 0.29) is 21.8 Å². The zero-order valence-corrected chi connectivity index (χ0v) is 14.4. The van der Waals surface area contributed by atoms with Gasteiger partial charge in [0.2, 0.25) is 0 Å². The van der Waals surface area contributed by atoms with Gasteiger partial charge in [0.15, 0.2) is 5.69 Å². The maximum absolute atomic E-state index is 13.0. The van der Waals surface area contributed by atoms with Crippen LogP contribution in [0.5, 0.6) is 0 Å². The molecule has 0 saturated heterocycles. The van der Waals surface area contributed by atoms with Gasteiger partial charge < -0.3 is 5.32 Å². The average Bonchev–Trinajstić information content (AvgIpc) is 2.48. The first-order chi connectivity index (χ1) is 11.9. The SMILES string of the molecule is O=[N+]([O-])c1cc(C(F)(F)F)c(Cl)c([N+](=O)[O-])c1Nc1ccc(Cl)cc1Cl. The van der Waals surface area contributed by atoms with E-state index >= 15 is 0 Å². The molecule has 0 aliphatic carbocycles. The maximum atomic E-state index is 13.0. The van der Waals surface area contributed by atoms with Gasteiger partial charge >= 0.3 is 17.6 Å². The molecule has 1 N–H and O–H groups in total. The summed E-state index contributed by atoms with van der Waals surface area (Å²) in [5.41, 5.74) is -5.11. The van der Waals surface area contributed by atoms with Gasteiger partial charge in [-0.3, -0.25) is 20.2 Å². The molecule has 26 heavy (non-hydrogen) atoms. The first-order valence-corrected chi connectivity index (χ1v) is 7.51. The summed E-state index contributed by atoms with van der Waals surface area (Å²) in [6, 6.07) is 3.90. The van der Waals surface area contributed by atoms with Crippen LogP contribution in [0, 0.1) is 20.2 Å². The molecule has 13 heteroatoms. The van der Waals surface area contributed by atoms with E-state index in [1.165, 1.54) is 18.2 Å². The van der Waals surface area contributed by atoms with Crippen LogP contribution >= 0.6 is 34.8 Å². The van der Waals surface area contributed by atoms with Crippen molar-refractivity contribution in [1.29, 1.82) is 0 Å². The predicted molar refractivity (Wildman–Crippen MR) is 89.5 cm³/mol. The van der Waals surface area contributed by atoms with Crippen molar-refractivity contribution >= 4 is 57.6 Å². The number of alkyl halides is 3. The smallest absolute Gasteiger partial charge is 0.343 e. The van der Waals surface area contributed by atoms with Crippen LogP contribution in [0.1, 0.15) is 5.56 Å². The molecule has 0 unspecified atom stereocenters. The Kier molecular flexibility index (Phi) is 5.49. The molecular formula is C13H5Cl3F3N3O4. The number of anilines is 2. The van der Waals surface area contributed by atoms with Crippen LogP contribution in [0.25, 0.3) is 0 Å². The zero-order valence-electron chi connectivity index (χ0n) is 12.1. The van der Waals surface area contributed by atoms with E-state index in [0.717, 1.165) is 0 Å². The van der Waals surface area contributed by atoms with Crippen molar-refractivity contribution in [2.24, 2.45) is 0 Å². The number of nitro benzene ring substituents is 2. The quantitative estimate of drug-likeness (QED) is 0.458. The van der Waals surface area contributed by atoms with E-state index in [0.29, 0.717) is 0 Å². The van der Waals surface area contributed by atoms with E-state index in [1.807, 2.05) is 0 Å². The van der Waals surface area contributed by atoms with Gasteiger partial charge in [-0.05, 0) is 18.2 Å². The van der Waals surface area contributed by atoms with Crippen molar-refractivity contribution in [1.82, 2.24) is 0 Å². The Labute approximate surface area is 157 Å². The Morgan fingerprint density at radius 1 is 1.00 bits per heavy atom. The Bertz CT molecular complexity index is 922. The van der Waals surface area contributed by atoms with E-state index in [9.17, 15) is 33.4 Å². The molecule has 0 saturated carbocycles. The molecule has 138 valence electrons. The molecule has 0 atom stereocenters. The second-order valence-electron chi connectivity index (χ2n) is 4.74. The number of rotatable bonds is 4. The molecule has 0 spiro atoms. The monoisotopic (exact) mass is 429 g/mol. The Hall–Kier alpha value is -2.30. The molecule has 7 nitrogen and oxygen atoms in total. The van der Waals surface area contributed by atoms with Crippen LogP contribution in [0.4, 0.5) is 35.9 Å². The van der Waals surface area contributed by atoms with Crippen molar-refractivity contribution < 1.29 is 23.0 Å². The van der Waals surface area contributed by atoms with Gasteiger partial charge in [0.05, 0.1) is 26.1 Å². The normalized spacial score (nSPS) is 11.3. The van der Waals surface area contributed by atoms with Crippen molar-refractivity contribution in [3.05, 3.63) is 65.1 Å². The number of halogens is 6. The average molecular weight is 431 g/mol. The molecule has 2 rings (SSSR count). The molecule has 0 radical (unpaired) electrons. The molecule has 0 aliphatic heterocycles. The van der Waals surface area contributed by atoms with Crippen molar-refractivity contribution in [2.45, 2.75) is 6.18 Å². The zero-order chi connectivity index (χ0) is 19.8. The van der Waals surface area contributed by atoms with Gasteiger partial charge in [0.25, 0.3) is 0 Å². The molecule has 0 bridgehead atoms. The lowest BCUT2D eigenvalue weighted by molar-refractivity contribution is -0.392. The fourth-order valence-corrected chi connectivity index (χ4v) is 2.78. The summed E-state index contributed by atoms with van der Waals surface area (Å²) in [5.74, 6) is 0. The van der Waals surface area contributed by atoms with Gasteiger partial charge in [0.1, 0.15) is 5.02 Å². The molecular weight excluding hydrogens is 426 g/mol. The van der Waals surface area contributed by atoms with Crippen LogP contribution in [-0.4, -0.2) is 9.85 Å². The molecule has 0 aromatic heterocycles. The van der Waals surface area contributed by atoms with E-state index in [1.54, 1.807) is 0 Å². The molecule has 0 heterocycles. The topological polar surface area (TPSA) is 98.3 Å². The third kappa shape index (κ3) is 3.92. The highest BCUT2D eigenvalue weighted by molar-refractivity contribution is 6.37. The summed E-state index contributed by atoms with van der Waals surface area (Å²) in [5, 5.41) is 23.6. The molecule has 0 fully saturated rings. The highest BCUT2D eigenvalue weighted by atomic mass is 35.5. The predicted octanol–water partition coefficient (Wildman–Crippen LogP) is 6.23. The number of hydrogen-bond acceptors (Lipinski definition) is 5. The minimum Gasteiger partial charge on any atom is -0.343 e. The molecule has 0 amide bonds. The molecule has 2 aromatic carbocycles. The van der Waals surface area contributed by atoms with Crippen molar-refractivity contribution in [3.8, 4) is 0 Å². The van der Waals surface area contributed by atoms with Crippen LogP contribution in [0.3, 0.4) is 0 Å². The Balaban J connectivity index is 2.80. The highest BCUT2D eigenvalue weighted by Gasteiger charge is 2.42. The van der Waals surface area contributed by atoms with Gasteiger partial charge in [-0.15, -0.1) is 0 Å². The van der Waals surface area contributed by atoms with Crippen molar-refractivity contribution in [2.75, 3.05) is 5.32 Å². The summed E-state index contributed by atoms with van der Waals surface area (Å²) >= 11 is 17.1. The summed E-state index contributed by atoms with van der Waals surface area (Å²) in [6.45, 7) is 0. The fraction of sp³-hybridized carbons (Fsp3) is 0.0769. The van der Waals surface area contributed by atoms with Crippen LogP contribution in [-0.2, 0) is 6.18 Å². The second-order valence-corrected chi connectivity index (χ2v) is 5.96. The van der Waals surface area contributed by atoms with E-state index < -0.39 is 43.7 Å². The standard InChI is InChI=1S/C13H5Cl3F3N3O4/c14-5-1-2-8(7(15)3-5)20-11-9(21(23)24)4-6(13(17,18)19)10(16)12(11)22(25)26/h1-4,20H. The van der Waals surface area contributed by atoms with E-state index in [2.05, 4.69) is 5.32 Å². The lowest BCUT2D eigenvalue weighted by Gasteiger charge is -2.14. The van der Waals surface area contributed by atoms with Gasteiger partial charge in [-0.1, -0.05) is 34.8 Å². The third-order valence-corrected chi connectivity index (χ3v) is 4.02. The minimum absolute atomic E-state index is 0.0573. The van der Waals surface area contributed by atoms with Gasteiger partial charge in [0, 0.05) is 11.1 Å². The van der Waals surface area contributed by atoms with Gasteiger partial charge in [-0.2, -0.15) is 13.2 Å². The summed E-state index contributed by atoms with van der Waals surface area (Å²) in [6.07, 6.45) is -5.14. The first-order valence-electron chi connectivity index (χ1n) is 6.38. The number of nitro groups is 2. The summed E-state index contributed by atoms with van der Waals surface area (Å²) in [4.78, 5) is 20.0. The summed E-state index contributed by atoms with van der Waals surface area (Å²) < 4.78 is 39.1. The first kappa shape index (κ1) is 20.0. The van der Waals surface area contributed by atoms with E-state index in [4.69, 9.17) is 34.8 Å². The van der Waals surface area contributed by atoms with Crippen LogP contribution in [0.2, 0.25) is 15.1 Å². The van der Waals surface area contributed by atoms with Gasteiger partial charge in [-0.25, -0.2) is 0 Å². The summed E-state index contributed by atoms with van der Waals surface area (Å²) in [7, 11) is 0. The number of nitrogens with one attached hydrogen (secondary N) is 1. The Morgan fingerprint density at radius 2 is 1.62 bits per heavy atom. The minimum atomic E-state index is -5.14. The highest BCUT2D eigenvalue weighted by Crippen LogP contribution is 2.48. The maximum Gasteiger partial charge on any atom is 0.418 e. The fourth-order valence-electron chi connectivity index (χ4n) is 2.00. The second kappa shape index (κ2) is 7.14. The third-order valence-electron chi connectivity index (χ3n) is 3.09. The number of benzene rings is 2. The van der Waals surface area contributed by atoms with Crippen LogP contribution in [0.15, 0.2) is 24.3 Å². The molecule has 2 aromatic rings.